The first kappa shape index (κ1) is 22.5. The summed E-state index contributed by atoms with van der Waals surface area (Å²) in [5.74, 6) is 0. The fourth-order valence-electron chi connectivity index (χ4n) is 3.40. The predicted octanol–water partition coefficient (Wildman–Crippen LogP) is 5.70. The number of hydrogen-bond donors (Lipinski definition) is 2. The van der Waals surface area contributed by atoms with E-state index in [1.807, 2.05) is 6.20 Å². The number of allylic oxidation sites excluding steroid dienone is 6. The van der Waals surface area contributed by atoms with Crippen molar-refractivity contribution in [3.63, 3.8) is 0 Å². The van der Waals surface area contributed by atoms with Crippen LogP contribution in [0.3, 0.4) is 0 Å². The molecule has 1 aromatic heterocycles. The summed E-state index contributed by atoms with van der Waals surface area (Å²) in [4.78, 5) is 4.41. The lowest BCUT2D eigenvalue weighted by atomic mass is 9.96. The van der Waals surface area contributed by atoms with Crippen molar-refractivity contribution in [2.75, 3.05) is 13.7 Å². The van der Waals surface area contributed by atoms with E-state index in [2.05, 4.69) is 87.8 Å². The SMILES string of the molecule is CC1=CCC=C(Br)C=C1.CO.c1ccc2c(CC3CCCCN3)ccnc2c1. The minimum atomic E-state index is 0.648. The highest BCUT2D eigenvalue weighted by Crippen LogP contribution is 2.20. The van der Waals surface area contributed by atoms with Crippen molar-refractivity contribution in [1.82, 2.24) is 10.3 Å². The Kier molecular flexibility index (Phi) is 10.2. The molecular formula is C24H31BrN2O. The third-order valence-corrected chi connectivity index (χ3v) is 5.46. The molecule has 150 valence electrons. The first-order chi connectivity index (χ1) is 13.7. The van der Waals surface area contributed by atoms with Gasteiger partial charge in [-0.2, -0.15) is 0 Å². The number of fused-ring (bicyclic) bond motifs is 1. The maximum Gasteiger partial charge on any atom is 0.0704 e. The van der Waals surface area contributed by atoms with Crippen LogP contribution in [-0.4, -0.2) is 29.8 Å². The predicted molar refractivity (Wildman–Crippen MR) is 124 cm³/mol. The van der Waals surface area contributed by atoms with E-state index in [-0.39, 0.29) is 0 Å². The van der Waals surface area contributed by atoms with Crippen molar-refractivity contribution in [2.45, 2.75) is 45.1 Å². The van der Waals surface area contributed by atoms with Gasteiger partial charge >= 0.3 is 0 Å². The first-order valence-corrected chi connectivity index (χ1v) is 10.7. The van der Waals surface area contributed by atoms with Gasteiger partial charge in [-0.15, -0.1) is 0 Å². The molecule has 4 rings (SSSR count). The monoisotopic (exact) mass is 442 g/mol. The number of aliphatic hydroxyl groups excluding tert-OH is 1. The van der Waals surface area contributed by atoms with Crippen LogP contribution >= 0.6 is 15.9 Å². The van der Waals surface area contributed by atoms with Crippen LogP contribution in [0.1, 0.15) is 38.2 Å². The van der Waals surface area contributed by atoms with Crippen LogP contribution in [0.5, 0.6) is 0 Å². The zero-order valence-electron chi connectivity index (χ0n) is 16.9. The van der Waals surface area contributed by atoms with Crippen molar-refractivity contribution in [3.8, 4) is 0 Å². The molecule has 1 unspecified atom stereocenters. The average molecular weight is 443 g/mol. The van der Waals surface area contributed by atoms with Crippen LogP contribution in [0.15, 0.2) is 70.9 Å². The number of nitrogens with one attached hydrogen (secondary N) is 1. The molecule has 1 aliphatic carbocycles. The van der Waals surface area contributed by atoms with Gasteiger partial charge in [0.05, 0.1) is 5.52 Å². The Labute approximate surface area is 177 Å². The van der Waals surface area contributed by atoms with E-state index in [0.717, 1.165) is 25.5 Å². The molecule has 0 bridgehead atoms. The number of hydrogen-bond acceptors (Lipinski definition) is 3. The van der Waals surface area contributed by atoms with E-state index < -0.39 is 0 Å². The van der Waals surface area contributed by atoms with Crippen LogP contribution in [0, 0.1) is 0 Å². The van der Waals surface area contributed by atoms with Crippen LogP contribution < -0.4 is 5.32 Å². The van der Waals surface area contributed by atoms with Gasteiger partial charge in [0.2, 0.25) is 0 Å². The van der Waals surface area contributed by atoms with E-state index in [1.54, 1.807) is 0 Å². The van der Waals surface area contributed by atoms with Crippen LogP contribution in [-0.2, 0) is 6.42 Å². The summed E-state index contributed by atoms with van der Waals surface area (Å²) in [5.41, 5.74) is 3.87. The quantitative estimate of drug-likeness (QED) is 0.626. The summed E-state index contributed by atoms with van der Waals surface area (Å²) < 4.78 is 1.18. The van der Waals surface area contributed by atoms with Gasteiger partial charge in [0.1, 0.15) is 0 Å². The minimum absolute atomic E-state index is 0.648. The summed E-state index contributed by atoms with van der Waals surface area (Å²) in [6, 6.07) is 11.2. The van der Waals surface area contributed by atoms with Crippen LogP contribution in [0.4, 0.5) is 0 Å². The molecule has 0 saturated carbocycles. The summed E-state index contributed by atoms with van der Waals surface area (Å²) in [6.07, 6.45) is 16.6. The fraction of sp³-hybridized carbons (Fsp3) is 0.375. The molecular weight excluding hydrogens is 412 g/mol. The maximum absolute atomic E-state index is 7.00. The van der Waals surface area contributed by atoms with Crippen molar-refractivity contribution in [2.24, 2.45) is 0 Å². The number of benzene rings is 1. The molecule has 1 saturated heterocycles. The molecule has 3 nitrogen and oxygen atoms in total. The second-order valence-corrected chi connectivity index (χ2v) is 7.86. The Morgan fingerprint density at radius 1 is 1.11 bits per heavy atom. The summed E-state index contributed by atoms with van der Waals surface area (Å²) in [7, 11) is 1.00. The Morgan fingerprint density at radius 3 is 2.71 bits per heavy atom. The first-order valence-electron chi connectivity index (χ1n) is 9.93. The molecule has 0 amide bonds. The third-order valence-electron chi connectivity index (χ3n) is 4.88. The molecule has 2 aliphatic rings. The van der Waals surface area contributed by atoms with Crippen molar-refractivity contribution in [3.05, 3.63) is 76.5 Å². The van der Waals surface area contributed by atoms with Gasteiger partial charge in [0.15, 0.2) is 0 Å². The standard InChI is InChI=1S/C15H18N2.C8H9Br.CH4O/c1-2-7-15-14(6-1)12(8-10-17-15)11-13-5-3-4-9-16-13;1-7-3-2-4-8(9)6-5-7;1-2/h1-2,6-8,10,13,16H,3-5,9,11H2;3-6H,2H2,1H3;2H,1H3. The smallest absolute Gasteiger partial charge is 0.0704 e. The van der Waals surface area contributed by atoms with Gasteiger partial charge in [-0.1, -0.05) is 64.4 Å². The molecule has 2 heterocycles. The molecule has 4 heteroatoms. The molecule has 28 heavy (non-hydrogen) atoms. The van der Waals surface area contributed by atoms with Gasteiger partial charge < -0.3 is 10.4 Å². The molecule has 0 radical (unpaired) electrons. The molecule has 2 N–H and O–H groups in total. The Morgan fingerprint density at radius 2 is 1.93 bits per heavy atom. The Bertz CT molecular complexity index is 795. The number of halogens is 1. The van der Waals surface area contributed by atoms with Crippen molar-refractivity contribution >= 4 is 26.8 Å². The lowest BCUT2D eigenvalue weighted by molar-refractivity contribution is 0.399. The lowest BCUT2D eigenvalue weighted by Crippen LogP contribution is -2.35. The highest BCUT2D eigenvalue weighted by Gasteiger charge is 2.14. The van der Waals surface area contributed by atoms with Gasteiger partial charge in [-0.25, -0.2) is 0 Å². The van der Waals surface area contributed by atoms with E-state index >= 15 is 0 Å². The Hall–Kier alpha value is -1.75. The maximum atomic E-state index is 7.00. The number of rotatable bonds is 2. The van der Waals surface area contributed by atoms with E-state index in [4.69, 9.17) is 5.11 Å². The summed E-state index contributed by atoms with van der Waals surface area (Å²) in [6.45, 7) is 3.28. The van der Waals surface area contributed by atoms with E-state index in [0.29, 0.717) is 6.04 Å². The molecule has 1 aliphatic heterocycles. The fourth-order valence-corrected chi connectivity index (χ4v) is 3.72. The number of aromatic nitrogens is 1. The second-order valence-electron chi connectivity index (χ2n) is 6.94. The molecule has 0 spiro atoms. The molecule has 1 aromatic carbocycles. The number of pyridine rings is 1. The Balaban J connectivity index is 0.000000216. The normalized spacial score (nSPS) is 18.6. The minimum Gasteiger partial charge on any atom is -0.400 e. The van der Waals surface area contributed by atoms with Crippen LogP contribution in [0.25, 0.3) is 10.9 Å². The van der Waals surface area contributed by atoms with Crippen molar-refractivity contribution < 1.29 is 5.11 Å². The van der Waals surface area contributed by atoms with E-state index in [1.165, 1.54) is 46.8 Å². The number of para-hydroxylation sites is 1. The summed E-state index contributed by atoms with van der Waals surface area (Å²) >= 11 is 3.41. The lowest BCUT2D eigenvalue weighted by Gasteiger charge is -2.23. The van der Waals surface area contributed by atoms with Crippen LogP contribution in [0.2, 0.25) is 0 Å². The highest BCUT2D eigenvalue weighted by atomic mass is 79.9. The molecule has 1 atom stereocenters. The van der Waals surface area contributed by atoms with Gasteiger partial charge in [-0.05, 0) is 62.9 Å². The van der Waals surface area contributed by atoms with Crippen molar-refractivity contribution in [1.29, 1.82) is 0 Å². The number of aliphatic hydroxyl groups is 1. The highest BCUT2D eigenvalue weighted by molar-refractivity contribution is 9.11. The number of piperidine rings is 1. The topological polar surface area (TPSA) is 45.1 Å². The second kappa shape index (κ2) is 12.7. The third kappa shape index (κ3) is 7.34. The summed E-state index contributed by atoms with van der Waals surface area (Å²) in [5, 5.41) is 11.9. The van der Waals surface area contributed by atoms with Gasteiger partial charge in [-0.3, -0.25) is 4.98 Å². The zero-order chi connectivity index (χ0) is 20.2. The van der Waals surface area contributed by atoms with E-state index in [9.17, 15) is 0 Å². The molecule has 2 aromatic rings. The average Bonchev–Trinajstić information content (AvgIpc) is 2.94. The van der Waals surface area contributed by atoms with Gasteiger partial charge in [0.25, 0.3) is 0 Å². The largest absolute Gasteiger partial charge is 0.400 e. The van der Waals surface area contributed by atoms with Gasteiger partial charge in [0, 0.05) is 29.2 Å². The molecule has 1 fully saturated rings. The zero-order valence-corrected chi connectivity index (χ0v) is 18.5. The number of nitrogens with zero attached hydrogens (tertiary/aromatic N) is 1.